The van der Waals surface area contributed by atoms with Crippen LogP contribution in [0.3, 0.4) is 0 Å². The van der Waals surface area contributed by atoms with Crippen molar-refractivity contribution >= 4 is 5.96 Å². The summed E-state index contributed by atoms with van der Waals surface area (Å²) in [4.78, 5) is 7.28. The van der Waals surface area contributed by atoms with Crippen LogP contribution in [0.1, 0.15) is 36.8 Å². The topological polar surface area (TPSA) is 69.1 Å². The fraction of sp³-hybridized carbons (Fsp3) is 0.500. The van der Waals surface area contributed by atoms with Crippen molar-refractivity contribution in [3.8, 4) is 5.75 Å². The third-order valence-corrected chi connectivity index (χ3v) is 6.14. The molecule has 0 amide bonds. The molecule has 174 valence electrons. The van der Waals surface area contributed by atoms with E-state index >= 15 is 0 Å². The standard InChI is InChI=1S/C26H38N4O2/c1-3-27-26(29-18-24(20-31)23-7-5-4-6-8-23)28-17-21-13-15-30(16-14-21)19-22-9-11-25(32-2)12-10-22/h4-12,21,24,31H,3,13-20H2,1-2H3,(H2,27,28,29). The van der Waals surface area contributed by atoms with Crippen molar-refractivity contribution in [2.75, 3.05) is 46.4 Å². The molecule has 0 spiro atoms. The highest BCUT2D eigenvalue weighted by molar-refractivity contribution is 5.79. The first-order valence-electron chi connectivity index (χ1n) is 11.7. The molecule has 6 nitrogen and oxygen atoms in total. The van der Waals surface area contributed by atoms with Gasteiger partial charge in [0.2, 0.25) is 0 Å². The first kappa shape index (κ1) is 24.1. The molecule has 1 unspecified atom stereocenters. The molecule has 1 heterocycles. The predicted molar refractivity (Wildman–Crippen MR) is 131 cm³/mol. The number of hydrogen-bond acceptors (Lipinski definition) is 4. The Hall–Kier alpha value is -2.57. The number of rotatable bonds is 10. The van der Waals surface area contributed by atoms with Gasteiger partial charge >= 0.3 is 0 Å². The maximum atomic E-state index is 9.79. The predicted octanol–water partition coefficient (Wildman–Crippen LogP) is 3.24. The highest BCUT2D eigenvalue weighted by Crippen LogP contribution is 2.20. The summed E-state index contributed by atoms with van der Waals surface area (Å²) < 4.78 is 5.25. The van der Waals surface area contributed by atoms with Crippen LogP contribution in [-0.2, 0) is 6.54 Å². The minimum Gasteiger partial charge on any atom is -0.497 e. The fourth-order valence-electron chi connectivity index (χ4n) is 4.12. The van der Waals surface area contributed by atoms with Crippen LogP contribution in [0.2, 0.25) is 0 Å². The summed E-state index contributed by atoms with van der Waals surface area (Å²) >= 11 is 0. The van der Waals surface area contributed by atoms with Gasteiger partial charge in [-0.3, -0.25) is 9.89 Å². The number of aliphatic hydroxyl groups is 1. The van der Waals surface area contributed by atoms with Crippen LogP contribution in [0.4, 0.5) is 0 Å². The molecular formula is C26H38N4O2. The van der Waals surface area contributed by atoms with Crippen LogP contribution in [0.5, 0.6) is 5.75 Å². The van der Waals surface area contributed by atoms with Gasteiger partial charge in [0.1, 0.15) is 5.75 Å². The number of nitrogens with one attached hydrogen (secondary N) is 2. The number of likely N-dealkylation sites (tertiary alicyclic amines) is 1. The normalized spacial score (nSPS) is 16.5. The number of piperidine rings is 1. The third kappa shape index (κ3) is 7.53. The van der Waals surface area contributed by atoms with Gasteiger partial charge in [-0.1, -0.05) is 42.5 Å². The summed E-state index contributed by atoms with van der Waals surface area (Å²) in [7, 11) is 1.70. The molecule has 1 fully saturated rings. The van der Waals surface area contributed by atoms with Crippen molar-refractivity contribution in [3.05, 3.63) is 65.7 Å². The number of aliphatic hydroxyl groups excluding tert-OH is 1. The van der Waals surface area contributed by atoms with Gasteiger partial charge in [0.25, 0.3) is 0 Å². The summed E-state index contributed by atoms with van der Waals surface area (Å²) in [6.07, 6.45) is 2.37. The average molecular weight is 439 g/mol. The largest absolute Gasteiger partial charge is 0.497 e. The lowest BCUT2D eigenvalue weighted by atomic mass is 9.96. The van der Waals surface area contributed by atoms with Crippen molar-refractivity contribution in [1.82, 2.24) is 15.5 Å². The Balaban J connectivity index is 1.44. The Morgan fingerprint density at radius 2 is 1.81 bits per heavy atom. The van der Waals surface area contributed by atoms with Crippen LogP contribution in [0.25, 0.3) is 0 Å². The van der Waals surface area contributed by atoms with Gasteiger partial charge in [-0.15, -0.1) is 0 Å². The number of nitrogens with zero attached hydrogens (tertiary/aromatic N) is 2. The molecule has 3 N–H and O–H groups in total. The van der Waals surface area contributed by atoms with E-state index in [0.717, 1.165) is 50.0 Å². The van der Waals surface area contributed by atoms with Crippen molar-refractivity contribution in [2.45, 2.75) is 32.2 Å². The molecule has 3 rings (SSSR count). The summed E-state index contributed by atoms with van der Waals surface area (Å²) in [5, 5.41) is 16.7. The number of benzene rings is 2. The van der Waals surface area contributed by atoms with Crippen LogP contribution in [0, 0.1) is 5.92 Å². The maximum absolute atomic E-state index is 9.79. The molecule has 6 heteroatoms. The van der Waals surface area contributed by atoms with Crippen molar-refractivity contribution in [2.24, 2.45) is 10.9 Å². The third-order valence-electron chi connectivity index (χ3n) is 6.14. The highest BCUT2D eigenvalue weighted by atomic mass is 16.5. The van der Waals surface area contributed by atoms with E-state index in [4.69, 9.17) is 9.73 Å². The SMILES string of the molecule is CCNC(=NCC(CO)c1ccccc1)NCC1CCN(Cc2ccc(OC)cc2)CC1. The molecule has 1 aliphatic heterocycles. The van der Waals surface area contributed by atoms with Crippen molar-refractivity contribution in [1.29, 1.82) is 0 Å². The Labute approximate surface area is 192 Å². The van der Waals surface area contributed by atoms with Gasteiger partial charge in [0, 0.05) is 25.6 Å². The zero-order chi connectivity index (χ0) is 22.6. The highest BCUT2D eigenvalue weighted by Gasteiger charge is 2.19. The minimum atomic E-state index is 0.0212. The van der Waals surface area contributed by atoms with Gasteiger partial charge in [-0.2, -0.15) is 0 Å². The summed E-state index contributed by atoms with van der Waals surface area (Å²) in [6.45, 7) is 7.72. The Kier molecular flexibility index (Phi) is 9.85. The molecule has 0 aromatic heterocycles. The first-order chi connectivity index (χ1) is 15.7. The lowest BCUT2D eigenvalue weighted by Gasteiger charge is -2.32. The molecule has 1 saturated heterocycles. The van der Waals surface area contributed by atoms with E-state index in [9.17, 15) is 5.11 Å². The Bertz CT molecular complexity index is 802. The van der Waals surface area contributed by atoms with E-state index in [2.05, 4.69) is 46.7 Å². The van der Waals surface area contributed by atoms with Crippen molar-refractivity contribution in [3.63, 3.8) is 0 Å². The van der Waals surface area contributed by atoms with Crippen LogP contribution in [0.15, 0.2) is 59.6 Å². The minimum absolute atomic E-state index is 0.0212. The number of methoxy groups -OCH3 is 1. The molecule has 0 bridgehead atoms. The van der Waals surface area contributed by atoms with Crippen molar-refractivity contribution < 1.29 is 9.84 Å². The first-order valence-corrected chi connectivity index (χ1v) is 11.7. The number of ether oxygens (including phenoxy) is 1. The zero-order valence-corrected chi connectivity index (χ0v) is 19.5. The zero-order valence-electron chi connectivity index (χ0n) is 19.5. The molecule has 0 saturated carbocycles. The molecule has 0 aliphatic carbocycles. The number of aliphatic imine (C=N–C) groups is 1. The lowest BCUT2D eigenvalue weighted by molar-refractivity contribution is 0.178. The van der Waals surface area contributed by atoms with E-state index in [0.29, 0.717) is 12.5 Å². The molecular weight excluding hydrogens is 400 g/mol. The van der Waals surface area contributed by atoms with E-state index in [-0.39, 0.29) is 12.5 Å². The fourth-order valence-corrected chi connectivity index (χ4v) is 4.12. The molecule has 32 heavy (non-hydrogen) atoms. The number of hydrogen-bond donors (Lipinski definition) is 3. The quantitative estimate of drug-likeness (QED) is 0.393. The van der Waals surface area contributed by atoms with Gasteiger partial charge < -0.3 is 20.5 Å². The summed E-state index contributed by atoms with van der Waals surface area (Å²) in [5.74, 6) is 2.41. The van der Waals surface area contributed by atoms with Gasteiger partial charge in [-0.25, -0.2) is 0 Å². The second kappa shape index (κ2) is 13.1. The molecule has 1 atom stereocenters. The van der Waals surface area contributed by atoms with Crippen LogP contribution in [-0.4, -0.2) is 62.4 Å². The van der Waals surface area contributed by atoms with Crippen LogP contribution < -0.4 is 15.4 Å². The number of guanidine groups is 1. The van der Waals surface area contributed by atoms with Gasteiger partial charge in [0.15, 0.2) is 5.96 Å². The summed E-state index contributed by atoms with van der Waals surface area (Å²) in [6, 6.07) is 18.5. The molecule has 1 aliphatic rings. The smallest absolute Gasteiger partial charge is 0.191 e. The van der Waals surface area contributed by atoms with Gasteiger partial charge in [0.05, 0.1) is 20.3 Å². The maximum Gasteiger partial charge on any atom is 0.191 e. The second-order valence-electron chi connectivity index (χ2n) is 8.46. The van der Waals surface area contributed by atoms with Crippen LogP contribution >= 0.6 is 0 Å². The second-order valence-corrected chi connectivity index (χ2v) is 8.46. The van der Waals surface area contributed by atoms with E-state index < -0.39 is 0 Å². The monoisotopic (exact) mass is 438 g/mol. The summed E-state index contributed by atoms with van der Waals surface area (Å²) in [5.41, 5.74) is 2.46. The molecule has 2 aromatic rings. The van der Waals surface area contributed by atoms with E-state index in [1.165, 1.54) is 18.4 Å². The molecule has 2 aromatic carbocycles. The Morgan fingerprint density at radius 3 is 2.44 bits per heavy atom. The lowest BCUT2D eigenvalue weighted by Crippen LogP contribution is -2.43. The Morgan fingerprint density at radius 1 is 1.09 bits per heavy atom. The van der Waals surface area contributed by atoms with Gasteiger partial charge in [-0.05, 0) is 62.0 Å². The molecule has 0 radical (unpaired) electrons. The van der Waals surface area contributed by atoms with E-state index in [1.54, 1.807) is 7.11 Å². The van der Waals surface area contributed by atoms with E-state index in [1.807, 2.05) is 30.3 Å². The average Bonchev–Trinajstić information content (AvgIpc) is 2.85.